The van der Waals surface area contributed by atoms with Gasteiger partial charge >= 0.3 is 0 Å². The van der Waals surface area contributed by atoms with Crippen LogP contribution >= 0.6 is 0 Å². The van der Waals surface area contributed by atoms with Gasteiger partial charge in [0.05, 0.1) is 38.6 Å². The van der Waals surface area contributed by atoms with Crippen LogP contribution in [0.4, 0.5) is 0 Å². The smallest absolute Gasteiger partial charge is 0.186 e. The molecular weight excluding hydrogens is 832 g/mol. The van der Waals surface area contributed by atoms with Gasteiger partial charge in [0.15, 0.2) is 24.7 Å². The molecule has 4 aliphatic heterocycles. The molecule has 0 amide bonds. The molecule has 8 fully saturated rings. The summed E-state index contributed by atoms with van der Waals surface area (Å²) in [5.74, 6) is -0.895. The van der Waals surface area contributed by atoms with Crippen LogP contribution in [0.2, 0.25) is 0 Å². The van der Waals surface area contributed by atoms with Crippen molar-refractivity contribution in [2.45, 2.75) is 189 Å². The zero-order valence-electron chi connectivity index (χ0n) is 36.7. The maximum absolute atomic E-state index is 14.3. The van der Waals surface area contributed by atoms with Crippen molar-refractivity contribution in [2.24, 2.45) is 52.3 Å². The second-order valence-electron chi connectivity index (χ2n) is 21.0. The van der Waals surface area contributed by atoms with Gasteiger partial charge in [0.1, 0.15) is 72.9 Å². The normalized spacial score (nSPS) is 55.1. The number of carbonyl (C=O) groups excluding carboxylic acids is 1. The second-order valence-corrected chi connectivity index (χ2v) is 21.0. The highest BCUT2D eigenvalue weighted by Crippen LogP contribution is 2.70. The monoisotopic (exact) mass is 904 g/mol. The summed E-state index contributed by atoms with van der Waals surface area (Å²) in [5.41, 5.74) is -0.420. The van der Waals surface area contributed by atoms with E-state index < -0.39 is 105 Å². The molecule has 4 saturated carbocycles. The molecule has 0 aromatic rings. The Bertz CT molecular complexity index is 1590. The average molecular weight is 905 g/mol. The van der Waals surface area contributed by atoms with E-state index in [0.29, 0.717) is 44.4 Å². The van der Waals surface area contributed by atoms with Crippen LogP contribution < -0.4 is 0 Å². The Morgan fingerprint density at radius 2 is 1.41 bits per heavy atom. The van der Waals surface area contributed by atoms with Gasteiger partial charge in [-0.1, -0.05) is 27.7 Å². The zero-order chi connectivity index (χ0) is 45.5. The predicted molar refractivity (Wildman–Crippen MR) is 213 cm³/mol. The summed E-state index contributed by atoms with van der Waals surface area (Å²) >= 11 is 0. The van der Waals surface area contributed by atoms with E-state index >= 15 is 0 Å². The van der Waals surface area contributed by atoms with Crippen molar-refractivity contribution in [2.75, 3.05) is 26.4 Å². The van der Waals surface area contributed by atoms with Crippen molar-refractivity contribution in [1.29, 1.82) is 0 Å². The quantitative estimate of drug-likeness (QED) is 0.0948. The Kier molecular flexibility index (Phi) is 14.2. The van der Waals surface area contributed by atoms with Gasteiger partial charge in [-0.25, -0.2) is 0 Å². The third-order valence-corrected chi connectivity index (χ3v) is 17.4. The number of Topliss-reactive ketones (excluding diaryl/α,β-unsaturated/α-hetero) is 1. The van der Waals surface area contributed by atoms with E-state index in [9.17, 15) is 61.0 Å². The molecule has 0 spiro atoms. The van der Waals surface area contributed by atoms with Crippen LogP contribution in [0, 0.1) is 52.3 Å². The number of fused-ring (bicyclic) bond motifs is 7. The highest BCUT2D eigenvalue weighted by molar-refractivity contribution is 5.83. The number of ether oxygens (including phenoxy) is 7. The SMILES string of the molecule is CC(CCC1(O)OC2CC3C4CC(=O)C5CC(OC6OC(COC7OCC(O)C(O)C7O)C(O)C(O)C6O)CCC5(C)C4CCC3(C)C2C1C)COC1OC(CO)C(O)C(O)C1O. The largest absolute Gasteiger partial charge is 0.394 e. The van der Waals surface area contributed by atoms with Gasteiger partial charge in [0, 0.05) is 24.7 Å². The molecule has 26 atom stereocenters. The molecular formula is C44H72O19. The van der Waals surface area contributed by atoms with Gasteiger partial charge in [-0.05, 0) is 85.4 Å². The molecule has 0 aromatic heterocycles. The predicted octanol–water partition coefficient (Wildman–Crippen LogP) is -1.96. The van der Waals surface area contributed by atoms with Gasteiger partial charge < -0.3 is 89.3 Å². The average Bonchev–Trinajstić information content (AvgIpc) is 3.69. The van der Waals surface area contributed by atoms with Gasteiger partial charge in [0.25, 0.3) is 0 Å². The molecule has 8 aliphatic rings. The summed E-state index contributed by atoms with van der Waals surface area (Å²) in [6.45, 7) is 7.49. The summed E-state index contributed by atoms with van der Waals surface area (Å²) in [4.78, 5) is 14.3. The lowest BCUT2D eigenvalue weighted by Crippen LogP contribution is -2.61. The Balaban J connectivity index is 0.850. The minimum Gasteiger partial charge on any atom is -0.394 e. The number of aliphatic hydroxyl groups is 11. The lowest BCUT2D eigenvalue weighted by Gasteiger charge is -2.60. The number of rotatable bonds is 12. The van der Waals surface area contributed by atoms with Crippen LogP contribution in [0.1, 0.15) is 85.5 Å². The Hall–Kier alpha value is -1.05. The maximum atomic E-state index is 14.3. The first-order valence-corrected chi connectivity index (χ1v) is 23.2. The molecule has 4 aliphatic carbocycles. The van der Waals surface area contributed by atoms with Crippen LogP contribution in [0.15, 0.2) is 0 Å². The van der Waals surface area contributed by atoms with Gasteiger partial charge in [-0.2, -0.15) is 0 Å². The standard InChI is InChI=1S/C44H72O19/c1-18(15-57-40-37(54)34(51)32(49)28(14-45)61-40)5-10-44(56)19(2)30-27(63-44)13-23-21-12-25(46)24-11-20(6-8-42(24,3)22(21)7-9-43(23,30)4)60-41-38(55)35(52)33(50)29(62-41)17-59-39-36(53)31(48)26(47)16-58-39/h18-24,26-41,45,47-56H,5-17H2,1-4H3. The molecule has 4 saturated heterocycles. The molecule has 0 bridgehead atoms. The highest BCUT2D eigenvalue weighted by atomic mass is 16.7. The molecule has 0 aromatic carbocycles. The summed E-state index contributed by atoms with van der Waals surface area (Å²) in [6.07, 6.45) is -14.7. The first-order valence-electron chi connectivity index (χ1n) is 23.2. The van der Waals surface area contributed by atoms with Crippen LogP contribution in [0.3, 0.4) is 0 Å². The first kappa shape index (κ1) is 48.4. The van der Waals surface area contributed by atoms with Gasteiger partial charge in [-0.15, -0.1) is 0 Å². The number of aliphatic hydroxyl groups excluding tert-OH is 10. The molecule has 4 heterocycles. The van der Waals surface area contributed by atoms with E-state index in [-0.39, 0.29) is 78.0 Å². The molecule has 11 N–H and O–H groups in total. The molecule has 8 rings (SSSR count). The number of hydrogen-bond acceptors (Lipinski definition) is 19. The van der Waals surface area contributed by atoms with Crippen LogP contribution in [-0.2, 0) is 38.0 Å². The molecule has 362 valence electrons. The molecule has 26 unspecified atom stereocenters. The minimum atomic E-state index is -1.64. The van der Waals surface area contributed by atoms with Crippen molar-refractivity contribution in [3.05, 3.63) is 0 Å². The van der Waals surface area contributed by atoms with Crippen molar-refractivity contribution in [3.8, 4) is 0 Å². The first-order chi connectivity index (χ1) is 29.7. The summed E-state index contributed by atoms with van der Waals surface area (Å²) in [6, 6.07) is 0. The van der Waals surface area contributed by atoms with Crippen LogP contribution in [-0.4, -0.2) is 192 Å². The van der Waals surface area contributed by atoms with E-state index in [1.165, 1.54) is 0 Å². The van der Waals surface area contributed by atoms with E-state index in [1.807, 2.05) is 6.92 Å². The van der Waals surface area contributed by atoms with E-state index in [1.54, 1.807) is 0 Å². The Morgan fingerprint density at radius 3 is 2.13 bits per heavy atom. The minimum absolute atomic E-state index is 0.0821. The second kappa shape index (κ2) is 18.5. The van der Waals surface area contributed by atoms with Gasteiger partial charge in [-0.3, -0.25) is 4.79 Å². The molecule has 19 heteroatoms. The lowest BCUT2D eigenvalue weighted by atomic mass is 9.44. The van der Waals surface area contributed by atoms with E-state index in [0.717, 1.165) is 19.3 Å². The fourth-order valence-corrected chi connectivity index (χ4v) is 13.6. The number of hydrogen-bond donors (Lipinski definition) is 11. The number of carbonyl (C=O) groups is 1. The zero-order valence-corrected chi connectivity index (χ0v) is 36.7. The third-order valence-electron chi connectivity index (χ3n) is 17.4. The van der Waals surface area contributed by atoms with Crippen molar-refractivity contribution >= 4 is 5.78 Å². The van der Waals surface area contributed by atoms with Crippen molar-refractivity contribution in [1.82, 2.24) is 0 Å². The molecule has 63 heavy (non-hydrogen) atoms. The molecule has 19 nitrogen and oxygen atoms in total. The van der Waals surface area contributed by atoms with Crippen molar-refractivity contribution in [3.63, 3.8) is 0 Å². The lowest BCUT2D eigenvalue weighted by molar-refractivity contribution is -0.330. The Labute approximate surface area is 367 Å². The van der Waals surface area contributed by atoms with E-state index in [4.69, 9.17) is 33.2 Å². The molecule has 0 radical (unpaired) electrons. The maximum Gasteiger partial charge on any atom is 0.186 e. The third kappa shape index (κ3) is 8.60. The van der Waals surface area contributed by atoms with Crippen molar-refractivity contribution < 1.29 is 94.1 Å². The highest BCUT2D eigenvalue weighted by Gasteiger charge is 2.69. The van der Waals surface area contributed by atoms with Crippen LogP contribution in [0.25, 0.3) is 0 Å². The summed E-state index contributed by atoms with van der Waals surface area (Å²) in [5, 5.41) is 114. The fourth-order valence-electron chi connectivity index (χ4n) is 13.6. The fraction of sp³-hybridized carbons (Fsp3) is 0.977. The topological polar surface area (TPSA) is 304 Å². The Morgan fingerprint density at radius 1 is 0.762 bits per heavy atom. The summed E-state index contributed by atoms with van der Waals surface area (Å²) < 4.78 is 40.9. The van der Waals surface area contributed by atoms with Gasteiger partial charge in [0.2, 0.25) is 0 Å². The summed E-state index contributed by atoms with van der Waals surface area (Å²) in [7, 11) is 0. The van der Waals surface area contributed by atoms with E-state index in [2.05, 4.69) is 20.8 Å². The van der Waals surface area contributed by atoms with Crippen LogP contribution in [0.5, 0.6) is 0 Å². The number of ketones is 1.